The lowest BCUT2D eigenvalue weighted by Gasteiger charge is -2.10. The van der Waals surface area contributed by atoms with Gasteiger partial charge in [-0.2, -0.15) is 0 Å². The molecule has 2 aromatic carbocycles. The third-order valence-corrected chi connectivity index (χ3v) is 3.66. The molecule has 0 unspecified atom stereocenters. The Hall–Kier alpha value is -2.00. The number of carbonyl (C=O) groups is 1. The van der Waals surface area contributed by atoms with Crippen molar-refractivity contribution in [2.45, 2.75) is 26.2 Å². The second-order valence-corrected chi connectivity index (χ2v) is 5.97. The lowest BCUT2D eigenvalue weighted by Crippen LogP contribution is -2.30. The molecule has 2 rings (SSSR count). The molecule has 0 atom stereocenters. The minimum absolute atomic E-state index is 0.195. The van der Waals surface area contributed by atoms with E-state index in [1.807, 2.05) is 48.5 Å². The van der Waals surface area contributed by atoms with Gasteiger partial charge in [0, 0.05) is 17.3 Å². The molecule has 3 nitrogen and oxygen atoms in total. The Labute approximate surface area is 136 Å². The summed E-state index contributed by atoms with van der Waals surface area (Å²) in [6.07, 6.45) is 0.750. The maximum absolute atomic E-state index is 11.8. The van der Waals surface area contributed by atoms with E-state index < -0.39 is 0 Å². The van der Waals surface area contributed by atoms with Crippen LogP contribution in [-0.4, -0.2) is 12.6 Å². The standard InChI is InChI=1S/C18H21ClN2O/c1-13(2)15-6-8-17(9-7-15)21-18(22)20-11-10-14-4-3-5-16(19)12-14/h3-9,12-13H,10-11H2,1-2H3,(H2,20,21,22). The first kappa shape index (κ1) is 16.4. The quantitative estimate of drug-likeness (QED) is 0.815. The summed E-state index contributed by atoms with van der Waals surface area (Å²) in [5, 5.41) is 6.39. The smallest absolute Gasteiger partial charge is 0.319 e. The Bertz CT molecular complexity index is 623. The van der Waals surface area contributed by atoms with E-state index in [2.05, 4.69) is 24.5 Å². The Balaban J connectivity index is 1.78. The Kier molecular flexibility index (Phi) is 5.84. The van der Waals surface area contributed by atoms with Gasteiger partial charge in [-0.25, -0.2) is 4.79 Å². The lowest BCUT2D eigenvalue weighted by atomic mass is 10.0. The molecule has 0 aliphatic heterocycles. The predicted molar refractivity (Wildman–Crippen MR) is 92.7 cm³/mol. The second kappa shape index (κ2) is 7.85. The Morgan fingerprint density at radius 1 is 1.14 bits per heavy atom. The van der Waals surface area contributed by atoms with Crippen LogP contribution in [0.3, 0.4) is 0 Å². The molecule has 0 aliphatic rings. The van der Waals surface area contributed by atoms with Crippen LogP contribution >= 0.6 is 11.6 Å². The van der Waals surface area contributed by atoms with Gasteiger partial charge in [-0.15, -0.1) is 0 Å². The van der Waals surface area contributed by atoms with Gasteiger partial charge in [-0.1, -0.05) is 49.7 Å². The van der Waals surface area contributed by atoms with Crippen LogP contribution in [0.4, 0.5) is 10.5 Å². The molecule has 0 heterocycles. The molecule has 2 aromatic rings. The highest BCUT2D eigenvalue weighted by molar-refractivity contribution is 6.30. The average Bonchev–Trinajstić information content (AvgIpc) is 2.48. The van der Waals surface area contributed by atoms with Crippen LogP contribution in [0.15, 0.2) is 48.5 Å². The molecule has 0 saturated heterocycles. The molecule has 0 radical (unpaired) electrons. The largest absolute Gasteiger partial charge is 0.338 e. The fourth-order valence-corrected chi connectivity index (χ4v) is 2.35. The summed E-state index contributed by atoms with van der Waals surface area (Å²) in [5.74, 6) is 0.487. The van der Waals surface area contributed by atoms with E-state index in [9.17, 15) is 4.79 Å². The van der Waals surface area contributed by atoms with Crippen molar-refractivity contribution in [1.82, 2.24) is 5.32 Å². The molecule has 0 spiro atoms. The van der Waals surface area contributed by atoms with Crippen molar-refractivity contribution in [2.24, 2.45) is 0 Å². The number of hydrogen-bond donors (Lipinski definition) is 2. The molecule has 0 aromatic heterocycles. The van der Waals surface area contributed by atoms with Gasteiger partial charge in [0.15, 0.2) is 0 Å². The number of hydrogen-bond acceptors (Lipinski definition) is 1. The van der Waals surface area contributed by atoms with Crippen molar-refractivity contribution < 1.29 is 4.79 Å². The van der Waals surface area contributed by atoms with E-state index in [4.69, 9.17) is 11.6 Å². The highest BCUT2D eigenvalue weighted by atomic mass is 35.5. The normalized spacial score (nSPS) is 10.5. The summed E-state index contributed by atoms with van der Waals surface area (Å²) >= 11 is 5.93. The van der Waals surface area contributed by atoms with E-state index in [0.29, 0.717) is 17.5 Å². The average molecular weight is 317 g/mol. The van der Waals surface area contributed by atoms with E-state index >= 15 is 0 Å². The first-order chi connectivity index (χ1) is 10.5. The Morgan fingerprint density at radius 2 is 1.86 bits per heavy atom. The fraction of sp³-hybridized carbons (Fsp3) is 0.278. The number of nitrogens with one attached hydrogen (secondary N) is 2. The summed E-state index contributed by atoms with van der Waals surface area (Å²) in [7, 11) is 0. The number of carbonyl (C=O) groups excluding carboxylic acids is 1. The summed E-state index contributed by atoms with van der Waals surface area (Å²) in [6, 6.07) is 15.4. The zero-order valence-electron chi connectivity index (χ0n) is 12.9. The van der Waals surface area contributed by atoms with Gasteiger partial charge in [-0.05, 0) is 47.7 Å². The highest BCUT2D eigenvalue weighted by Crippen LogP contribution is 2.17. The first-order valence-corrected chi connectivity index (χ1v) is 7.81. The maximum atomic E-state index is 11.8. The maximum Gasteiger partial charge on any atom is 0.319 e. The van der Waals surface area contributed by atoms with Gasteiger partial charge < -0.3 is 10.6 Å². The molecular formula is C18H21ClN2O. The fourth-order valence-electron chi connectivity index (χ4n) is 2.14. The third kappa shape index (κ3) is 5.08. The van der Waals surface area contributed by atoms with Crippen molar-refractivity contribution in [3.63, 3.8) is 0 Å². The van der Waals surface area contributed by atoms with Crippen molar-refractivity contribution in [3.05, 3.63) is 64.7 Å². The van der Waals surface area contributed by atoms with Crippen LogP contribution in [0.1, 0.15) is 30.9 Å². The zero-order chi connectivity index (χ0) is 15.9. The third-order valence-electron chi connectivity index (χ3n) is 3.42. The van der Waals surface area contributed by atoms with Gasteiger partial charge in [0.2, 0.25) is 0 Å². The van der Waals surface area contributed by atoms with Crippen LogP contribution in [0.5, 0.6) is 0 Å². The molecule has 0 aliphatic carbocycles. The van der Waals surface area contributed by atoms with E-state index in [0.717, 1.165) is 17.7 Å². The first-order valence-electron chi connectivity index (χ1n) is 7.44. The van der Waals surface area contributed by atoms with Gasteiger partial charge in [0.05, 0.1) is 0 Å². The zero-order valence-corrected chi connectivity index (χ0v) is 13.7. The van der Waals surface area contributed by atoms with Crippen LogP contribution in [0.25, 0.3) is 0 Å². The second-order valence-electron chi connectivity index (χ2n) is 5.54. The molecule has 0 saturated carbocycles. The molecule has 2 N–H and O–H groups in total. The van der Waals surface area contributed by atoms with Crippen molar-refractivity contribution in [3.8, 4) is 0 Å². The van der Waals surface area contributed by atoms with Gasteiger partial charge in [-0.3, -0.25) is 0 Å². The topological polar surface area (TPSA) is 41.1 Å². The number of amides is 2. The monoisotopic (exact) mass is 316 g/mol. The van der Waals surface area contributed by atoms with E-state index in [1.54, 1.807) is 0 Å². The summed E-state index contributed by atoms with van der Waals surface area (Å²) < 4.78 is 0. The summed E-state index contributed by atoms with van der Waals surface area (Å²) in [4.78, 5) is 11.8. The van der Waals surface area contributed by atoms with Gasteiger partial charge >= 0.3 is 6.03 Å². The van der Waals surface area contributed by atoms with Crippen LogP contribution in [0, 0.1) is 0 Å². The molecule has 4 heteroatoms. The van der Waals surface area contributed by atoms with Crippen LogP contribution in [0.2, 0.25) is 5.02 Å². The predicted octanol–water partition coefficient (Wildman–Crippen LogP) is 4.83. The minimum Gasteiger partial charge on any atom is -0.338 e. The van der Waals surface area contributed by atoms with Crippen molar-refractivity contribution >= 4 is 23.3 Å². The van der Waals surface area contributed by atoms with Gasteiger partial charge in [0.25, 0.3) is 0 Å². The molecular weight excluding hydrogens is 296 g/mol. The molecule has 0 fully saturated rings. The Morgan fingerprint density at radius 3 is 2.50 bits per heavy atom. The van der Waals surface area contributed by atoms with Crippen molar-refractivity contribution in [2.75, 3.05) is 11.9 Å². The minimum atomic E-state index is -0.195. The van der Waals surface area contributed by atoms with Crippen molar-refractivity contribution in [1.29, 1.82) is 0 Å². The highest BCUT2D eigenvalue weighted by Gasteiger charge is 2.03. The number of rotatable bonds is 5. The molecule has 116 valence electrons. The van der Waals surface area contributed by atoms with Crippen LogP contribution in [-0.2, 0) is 6.42 Å². The number of benzene rings is 2. The van der Waals surface area contributed by atoms with Gasteiger partial charge in [0.1, 0.15) is 0 Å². The number of anilines is 1. The molecule has 22 heavy (non-hydrogen) atoms. The van der Waals surface area contributed by atoms with Crippen LogP contribution < -0.4 is 10.6 Å². The van der Waals surface area contributed by atoms with E-state index in [-0.39, 0.29) is 6.03 Å². The molecule has 2 amide bonds. The lowest BCUT2D eigenvalue weighted by molar-refractivity contribution is 0.252. The van der Waals surface area contributed by atoms with E-state index in [1.165, 1.54) is 5.56 Å². The number of urea groups is 1. The number of halogens is 1. The summed E-state index contributed by atoms with van der Waals surface area (Å²) in [5.41, 5.74) is 3.16. The molecule has 0 bridgehead atoms. The SMILES string of the molecule is CC(C)c1ccc(NC(=O)NCCc2cccc(Cl)c2)cc1. The summed E-state index contributed by atoms with van der Waals surface area (Å²) in [6.45, 7) is 4.85.